The molecule has 2 aromatic heterocycles. The fourth-order valence-corrected chi connectivity index (χ4v) is 9.36. The summed E-state index contributed by atoms with van der Waals surface area (Å²) in [6.07, 6.45) is 0. The van der Waals surface area contributed by atoms with Gasteiger partial charge in [0.05, 0.1) is 22.2 Å². The molecule has 0 amide bonds. The molecule has 2 heterocycles. The van der Waals surface area contributed by atoms with Gasteiger partial charge in [-0.2, -0.15) is 0 Å². The van der Waals surface area contributed by atoms with Gasteiger partial charge in [0.2, 0.25) is 0 Å². The molecule has 0 aliphatic carbocycles. The molecule has 0 spiro atoms. The van der Waals surface area contributed by atoms with E-state index in [0.717, 1.165) is 44.4 Å². The Morgan fingerprint density at radius 2 is 0.780 bits per heavy atom. The summed E-state index contributed by atoms with van der Waals surface area (Å²) >= 11 is 0. The zero-order chi connectivity index (χ0) is 38.9. The minimum atomic E-state index is 0.967. The second-order valence-corrected chi connectivity index (χ2v) is 15.5. The molecule has 59 heavy (non-hydrogen) atoms. The van der Waals surface area contributed by atoms with Gasteiger partial charge in [-0.1, -0.05) is 164 Å². The Balaban J connectivity index is 1.14. The van der Waals surface area contributed by atoms with E-state index in [2.05, 4.69) is 223 Å². The summed E-state index contributed by atoms with van der Waals surface area (Å²) in [5, 5.41) is 11.1. The Hall–Kier alpha value is -7.81. The lowest BCUT2D eigenvalue weighted by molar-refractivity contribution is 1.18. The lowest BCUT2D eigenvalue weighted by Crippen LogP contribution is -1.94. The number of hydrogen-bond acceptors (Lipinski definition) is 1. The Morgan fingerprint density at radius 1 is 0.288 bits per heavy atom. The number of para-hydroxylation sites is 1. The molecule has 0 unspecified atom stereocenters. The van der Waals surface area contributed by atoms with E-state index in [-0.39, 0.29) is 0 Å². The summed E-state index contributed by atoms with van der Waals surface area (Å²) in [7, 11) is 0. The van der Waals surface area contributed by atoms with E-state index >= 15 is 0 Å². The molecule has 0 atom stereocenters. The third-order valence-electron chi connectivity index (χ3n) is 12.1. The second kappa shape index (κ2) is 13.4. The topological polar surface area (TPSA) is 17.8 Å². The molecule has 0 N–H and O–H groups in total. The van der Waals surface area contributed by atoms with Gasteiger partial charge in [0, 0.05) is 16.6 Å². The highest BCUT2D eigenvalue weighted by molar-refractivity contribution is 6.23. The zero-order valence-corrected chi connectivity index (χ0v) is 32.2. The molecular formula is C57H36N2. The van der Waals surface area contributed by atoms with Crippen LogP contribution in [0.4, 0.5) is 0 Å². The van der Waals surface area contributed by atoms with Crippen LogP contribution >= 0.6 is 0 Å². The summed E-state index contributed by atoms with van der Waals surface area (Å²) in [5.74, 6) is 0. The van der Waals surface area contributed by atoms with Gasteiger partial charge in [0.25, 0.3) is 0 Å². The van der Waals surface area contributed by atoms with E-state index in [4.69, 9.17) is 4.98 Å². The molecule has 0 saturated carbocycles. The van der Waals surface area contributed by atoms with Crippen molar-refractivity contribution in [2.75, 3.05) is 0 Å². The van der Waals surface area contributed by atoms with Crippen molar-refractivity contribution < 1.29 is 0 Å². The number of hydrogen-bond donors (Lipinski definition) is 0. The fourth-order valence-electron chi connectivity index (χ4n) is 9.36. The molecule has 12 rings (SSSR count). The molecule has 0 saturated heterocycles. The maximum Gasteiger partial charge on any atom is 0.0971 e. The van der Waals surface area contributed by atoms with E-state index in [9.17, 15) is 0 Å². The van der Waals surface area contributed by atoms with Crippen LogP contribution in [0.3, 0.4) is 0 Å². The second-order valence-electron chi connectivity index (χ2n) is 15.5. The highest BCUT2D eigenvalue weighted by Crippen LogP contribution is 2.46. The van der Waals surface area contributed by atoms with Gasteiger partial charge in [-0.3, -0.25) is 0 Å². The van der Waals surface area contributed by atoms with Crippen LogP contribution in [0.1, 0.15) is 0 Å². The zero-order valence-electron chi connectivity index (χ0n) is 32.2. The Bertz CT molecular complexity index is 3600. The molecule has 0 aliphatic rings. The minimum Gasteiger partial charge on any atom is -0.308 e. The lowest BCUT2D eigenvalue weighted by atomic mass is 9.84. The van der Waals surface area contributed by atoms with Crippen LogP contribution in [-0.4, -0.2) is 9.55 Å². The first-order chi connectivity index (χ1) is 29.2. The van der Waals surface area contributed by atoms with Crippen LogP contribution in [0.25, 0.3) is 115 Å². The van der Waals surface area contributed by atoms with Crippen LogP contribution in [0.5, 0.6) is 0 Å². The van der Waals surface area contributed by atoms with Gasteiger partial charge in [-0.15, -0.1) is 0 Å². The molecule has 2 nitrogen and oxygen atoms in total. The first-order valence-electron chi connectivity index (χ1n) is 20.3. The van der Waals surface area contributed by atoms with Gasteiger partial charge < -0.3 is 4.57 Å². The molecule has 274 valence electrons. The maximum atomic E-state index is 5.36. The SMILES string of the molecule is c1ccc(-c2ccc3c(n2)c2cc(-c4ccc5c(-c6ccc7ccccc7c6)c6ccccc6c(-c6ccc7ccccc7c6)c5c4)ccc2n3-c2ccccc2)cc1. The number of benzene rings is 10. The summed E-state index contributed by atoms with van der Waals surface area (Å²) in [6.45, 7) is 0. The van der Waals surface area contributed by atoms with Crippen LogP contribution in [0.15, 0.2) is 218 Å². The predicted octanol–water partition coefficient (Wildman–Crippen LogP) is 15.5. The molecule has 2 heteroatoms. The average Bonchev–Trinajstić information content (AvgIpc) is 3.64. The molecule has 0 bridgehead atoms. The first-order valence-corrected chi connectivity index (χ1v) is 20.3. The summed E-state index contributed by atoms with van der Waals surface area (Å²) in [5.41, 5.74) is 13.7. The van der Waals surface area contributed by atoms with E-state index in [0.29, 0.717) is 0 Å². The van der Waals surface area contributed by atoms with Crippen molar-refractivity contribution in [1.29, 1.82) is 0 Å². The third kappa shape index (κ3) is 5.45. The Kier molecular flexibility index (Phi) is 7.57. The quantitative estimate of drug-likeness (QED) is 0.160. The van der Waals surface area contributed by atoms with E-state index in [1.807, 2.05) is 0 Å². The summed E-state index contributed by atoms with van der Waals surface area (Å²) in [6, 6.07) is 79.6. The first kappa shape index (κ1) is 33.3. The van der Waals surface area contributed by atoms with Gasteiger partial charge in [0.1, 0.15) is 0 Å². The van der Waals surface area contributed by atoms with Crippen molar-refractivity contribution >= 4 is 65.0 Å². The summed E-state index contributed by atoms with van der Waals surface area (Å²) < 4.78 is 2.34. The van der Waals surface area contributed by atoms with Gasteiger partial charge in [0.15, 0.2) is 0 Å². The highest BCUT2D eigenvalue weighted by Gasteiger charge is 2.20. The molecule has 0 fully saturated rings. The molecule has 0 radical (unpaired) electrons. The lowest BCUT2D eigenvalue weighted by Gasteiger charge is -2.19. The smallest absolute Gasteiger partial charge is 0.0971 e. The van der Waals surface area contributed by atoms with Crippen molar-refractivity contribution in [3.8, 4) is 50.3 Å². The van der Waals surface area contributed by atoms with Crippen LogP contribution in [-0.2, 0) is 0 Å². The number of aromatic nitrogens is 2. The van der Waals surface area contributed by atoms with Crippen molar-refractivity contribution in [2.24, 2.45) is 0 Å². The van der Waals surface area contributed by atoms with Crippen LogP contribution in [0.2, 0.25) is 0 Å². The van der Waals surface area contributed by atoms with E-state index in [1.54, 1.807) is 0 Å². The minimum absolute atomic E-state index is 0.967. The molecule has 12 aromatic rings. The van der Waals surface area contributed by atoms with Crippen molar-refractivity contribution in [2.45, 2.75) is 0 Å². The van der Waals surface area contributed by atoms with Gasteiger partial charge in [-0.05, 0) is 131 Å². The summed E-state index contributed by atoms with van der Waals surface area (Å²) in [4.78, 5) is 5.36. The number of rotatable bonds is 5. The Morgan fingerprint density at radius 3 is 1.44 bits per heavy atom. The number of nitrogens with zero attached hydrogens (tertiary/aromatic N) is 2. The molecule has 10 aromatic carbocycles. The molecule has 0 aliphatic heterocycles. The number of fused-ring (bicyclic) bond motifs is 7. The number of pyridine rings is 1. The monoisotopic (exact) mass is 748 g/mol. The van der Waals surface area contributed by atoms with E-state index < -0.39 is 0 Å². The molecular weight excluding hydrogens is 713 g/mol. The maximum absolute atomic E-state index is 5.36. The highest BCUT2D eigenvalue weighted by atomic mass is 15.0. The van der Waals surface area contributed by atoms with Crippen LogP contribution < -0.4 is 0 Å². The fraction of sp³-hybridized carbons (Fsp3) is 0. The van der Waals surface area contributed by atoms with Gasteiger partial charge >= 0.3 is 0 Å². The third-order valence-corrected chi connectivity index (χ3v) is 12.1. The van der Waals surface area contributed by atoms with Crippen LogP contribution in [0, 0.1) is 0 Å². The normalized spacial score (nSPS) is 11.7. The predicted molar refractivity (Wildman–Crippen MR) is 250 cm³/mol. The van der Waals surface area contributed by atoms with Crippen molar-refractivity contribution in [3.63, 3.8) is 0 Å². The van der Waals surface area contributed by atoms with Crippen molar-refractivity contribution in [3.05, 3.63) is 218 Å². The van der Waals surface area contributed by atoms with Crippen molar-refractivity contribution in [1.82, 2.24) is 9.55 Å². The van der Waals surface area contributed by atoms with Gasteiger partial charge in [-0.25, -0.2) is 4.98 Å². The largest absolute Gasteiger partial charge is 0.308 e. The standard InChI is InChI=1S/C57H36N2/c1-3-15-39(16-4-1)52-30-32-54-57(58-52)51-36-43(28-31-53(51)59(54)46-19-5-2-6-20-46)42-27-29-49-50(35-42)56(45-26-24-38-14-8-10-18-41(38)34-45)48-22-12-11-21-47(48)55(49)44-25-23-37-13-7-9-17-40(37)33-44/h1-36H. The Labute approximate surface area is 341 Å². The average molecular weight is 749 g/mol. The van der Waals surface area contributed by atoms with E-state index in [1.165, 1.54) is 70.9 Å².